The van der Waals surface area contributed by atoms with Crippen LogP contribution >= 0.6 is 0 Å². The third-order valence-electron chi connectivity index (χ3n) is 13.6. The van der Waals surface area contributed by atoms with Gasteiger partial charge in [0.25, 0.3) is 0 Å². The molecule has 0 saturated heterocycles. The van der Waals surface area contributed by atoms with Crippen molar-refractivity contribution in [1.82, 2.24) is 5.32 Å². The smallest absolute Gasteiger partial charge is 0.407 e. The standard InChI is InChI=1S/C25H27NO3.C18H20O3/c1-16-7-6-10-19-20-11-12-25(28)15-24(20,13-17(25)2)22(21(16)19)26-23(27)29-14-18-8-4-3-5-9-18;1-10-4-3-5-12-13-6-7-18(21)9-17(13,8-11(18)2)15(14(10)12)16(19)20/h3-10,20,22,28H,2,11-15H2,1H3,(H,26,27);3-5,13,15,21H,2,6-9H2,1H3,(H,19,20)/t20-,22-,24-,25+;13-,15+,17-,18+/m00/s1. The maximum atomic E-state index is 12.8. The van der Waals surface area contributed by atoms with Crippen LogP contribution in [0.15, 0.2) is 91.0 Å². The summed E-state index contributed by atoms with van der Waals surface area (Å²) in [5.41, 5.74) is 7.41. The molecule has 1 amide bonds. The lowest BCUT2D eigenvalue weighted by Gasteiger charge is -2.42. The Morgan fingerprint density at radius 3 is 1.94 bits per heavy atom. The van der Waals surface area contributed by atoms with Crippen LogP contribution in [0.1, 0.15) is 114 Å². The molecule has 2 spiro atoms. The molecule has 0 aliphatic heterocycles. The molecule has 7 nitrogen and oxygen atoms in total. The maximum Gasteiger partial charge on any atom is 0.407 e. The summed E-state index contributed by atoms with van der Waals surface area (Å²) in [7, 11) is 0. The summed E-state index contributed by atoms with van der Waals surface area (Å²) < 4.78 is 5.54. The fraction of sp³-hybridized carbons (Fsp3) is 0.442. The van der Waals surface area contributed by atoms with Gasteiger partial charge < -0.3 is 25.4 Å². The molecule has 6 aliphatic rings. The fourth-order valence-electron chi connectivity index (χ4n) is 11.5. The molecule has 50 heavy (non-hydrogen) atoms. The number of hydrogen-bond donors (Lipinski definition) is 4. The van der Waals surface area contributed by atoms with Crippen molar-refractivity contribution < 1.29 is 29.6 Å². The Kier molecular flexibility index (Phi) is 7.52. The molecule has 6 aliphatic carbocycles. The third-order valence-corrected chi connectivity index (χ3v) is 13.6. The Morgan fingerprint density at radius 2 is 1.32 bits per heavy atom. The van der Waals surface area contributed by atoms with E-state index in [1.807, 2.05) is 49.4 Å². The number of carboxylic acids is 1. The number of fused-ring (bicyclic) bond motifs is 6. The van der Waals surface area contributed by atoms with Gasteiger partial charge in [0.15, 0.2) is 0 Å². The lowest BCUT2D eigenvalue weighted by atomic mass is 9.63. The van der Waals surface area contributed by atoms with E-state index in [4.69, 9.17) is 4.74 Å². The van der Waals surface area contributed by atoms with Crippen molar-refractivity contribution in [3.63, 3.8) is 0 Å². The number of rotatable bonds is 4. The van der Waals surface area contributed by atoms with Crippen molar-refractivity contribution in [2.45, 2.75) is 107 Å². The zero-order valence-electron chi connectivity index (χ0n) is 29.0. The minimum absolute atomic E-state index is 0.168. The largest absolute Gasteiger partial charge is 0.481 e. The van der Waals surface area contributed by atoms with Gasteiger partial charge in [0, 0.05) is 10.8 Å². The number of carboxylic acid groups (broad SMARTS) is 1. The van der Waals surface area contributed by atoms with Gasteiger partial charge in [0.2, 0.25) is 0 Å². The van der Waals surface area contributed by atoms with Crippen LogP contribution in [0.5, 0.6) is 0 Å². The molecule has 0 heterocycles. The van der Waals surface area contributed by atoms with Gasteiger partial charge >= 0.3 is 12.1 Å². The molecule has 4 N–H and O–H groups in total. The van der Waals surface area contributed by atoms with Crippen molar-refractivity contribution in [3.05, 3.63) is 130 Å². The average Bonchev–Trinajstić information content (AvgIpc) is 3.66. The second-order valence-electron chi connectivity index (χ2n) is 16.2. The Balaban J connectivity index is 0.000000152. The number of hydrogen-bond acceptors (Lipinski definition) is 5. The van der Waals surface area contributed by atoms with Crippen molar-refractivity contribution in [1.29, 1.82) is 0 Å². The summed E-state index contributed by atoms with van der Waals surface area (Å²) >= 11 is 0. The number of ether oxygens (including phenoxy) is 1. The zero-order valence-corrected chi connectivity index (χ0v) is 29.0. The third kappa shape index (κ3) is 4.69. The van der Waals surface area contributed by atoms with Crippen LogP contribution in [-0.2, 0) is 16.1 Å². The predicted octanol–water partition coefficient (Wildman–Crippen LogP) is 8.04. The van der Waals surface area contributed by atoms with Crippen molar-refractivity contribution in [2.75, 3.05) is 0 Å². The molecule has 0 radical (unpaired) electrons. The van der Waals surface area contributed by atoms with Crippen molar-refractivity contribution >= 4 is 12.1 Å². The van der Waals surface area contributed by atoms with E-state index in [1.54, 1.807) is 0 Å². The lowest BCUT2D eigenvalue weighted by Crippen LogP contribution is -2.43. The molecule has 3 aromatic rings. The molecule has 7 heteroatoms. The summed E-state index contributed by atoms with van der Waals surface area (Å²) in [6.07, 6.45) is 5.41. The molecular formula is C43H47NO6. The molecule has 0 unspecified atom stereocenters. The SMILES string of the molecule is C=C1C[C@]23C[C@]1(O)CC[C@H]2c1cccc(C)c1[C@@H]3C(=O)O.C=C1C[C@]23C[C@]1(O)CC[C@H]2c1cccc(C)c1[C@@H]3NC(=O)OCc1ccccc1. The van der Waals surface area contributed by atoms with Gasteiger partial charge in [-0.3, -0.25) is 4.79 Å². The van der Waals surface area contributed by atoms with Gasteiger partial charge in [0.1, 0.15) is 6.61 Å². The van der Waals surface area contributed by atoms with E-state index in [0.29, 0.717) is 31.6 Å². The Morgan fingerprint density at radius 1 is 0.780 bits per heavy atom. The van der Waals surface area contributed by atoms with E-state index in [0.717, 1.165) is 53.5 Å². The van der Waals surface area contributed by atoms with Crippen molar-refractivity contribution in [2.24, 2.45) is 10.8 Å². The van der Waals surface area contributed by atoms with Gasteiger partial charge in [0.05, 0.1) is 23.2 Å². The number of alkyl carbamates (subject to hydrolysis) is 1. The molecule has 260 valence electrons. The predicted molar refractivity (Wildman–Crippen MR) is 191 cm³/mol. The fourth-order valence-corrected chi connectivity index (χ4v) is 11.5. The summed E-state index contributed by atoms with van der Waals surface area (Å²) in [6, 6.07) is 22.0. The number of aryl methyl sites for hydroxylation is 2. The second kappa shape index (κ2) is 11.4. The van der Waals surface area contributed by atoms with E-state index in [9.17, 15) is 24.9 Å². The summed E-state index contributed by atoms with van der Waals surface area (Å²) in [4.78, 5) is 24.8. The van der Waals surface area contributed by atoms with E-state index in [-0.39, 0.29) is 29.4 Å². The van der Waals surface area contributed by atoms with Gasteiger partial charge in [-0.2, -0.15) is 0 Å². The number of aliphatic carboxylic acids is 1. The number of amides is 1. The van der Waals surface area contributed by atoms with Gasteiger partial charge in [-0.1, -0.05) is 79.9 Å². The van der Waals surface area contributed by atoms with Gasteiger partial charge in [-0.15, -0.1) is 0 Å². The highest BCUT2D eigenvalue weighted by Gasteiger charge is 2.67. The molecule has 0 aromatic heterocycles. The van der Waals surface area contributed by atoms with Crippen LogP contribution < -0.4 is 5.32 Å². The first kappa shape index (κ1) is 33.0. The van der Waals surface area contributed by atoms with E-state index < -0.39 is 29.2 Å². The van der Waals surface area contributed by atoms with Crippen LogP contribution in [0.4, 0.5) is 4.79 Å². The number of aliphatic hydroxyl groups is 2. The lowest BCUT2D eigenvalue weighted by molar-refractivity contribution is -0.143. The highest BCUT2D eigenvalue weighted by atomic mass is 16.5. The van der Waals surface area contributed by atoms with Crippen molar-refractivity contribution in [3.8, 4) is 0 Å². The summed E-state index contributed by atoms with van der Waals surface area (Å²) in [5, 5.41) is 35.0. The van der Waals surface area contributed by atoms with Crippen LogP contribution in [0.25, 0.3) is 0 Å². The molecule has 3 aromatic carbocycles. The van der Waals surface area contributed by atoms with Crippen LogP contribution in [-0.4, -0.2) is 38.6 Å². The molecule has 9 rings (SSSR count). The first-order valence-electron chi connectivity index (χ1n) is 18.0. The molecule has 8 atom stereocenters. The number of nitrogens with one attached hydrogen (secondary N) is 1. The normalized spacial score (nSPS) is 35.3. The summed E-state index contributed by atoms with van der Waals surface area (Å²) in [6.45, 7) is 12.6. The zero-order chi connectivity index (χ0) is 35.2. The topological polar surface area (TPSA) is 116 Å². The number of carbonyl (C=O) groups is 2. The van der Waals surface area contributed by atoms with Crippen LogP contribution in [0, 0.1) is 24.7 Å². The molecular weight excluding hydrogens is 626 g/mol. The maximum absolute atomic E-state index is 12.8. The highest BCUT2D eigenvalue weighted by Crippen LogP contribution is 2.72. The Hall–Kier alpha value is -4.20. The second-order valence-corrected chi connectivity index (χ2v) is 16.2. The number of benzene rings is 3. The van der Waals surface area contributed by atoms with E-state index in [2.05, 4.69) is 49.7 Å². The van der Waals surface area contributed by atoms with Gasteiger partial charge in [-0.25, -0.2) is 4.79 Å². The molecule has 4 bridgehead atoms. The quantitative estimate of drug-likeness (QED) is 0.208. The van der Waals surface area contributed by atoms with Crippen LogP contribution in [0.2, 0.25) is 0 Å². The minimum atomic E-state index is -0.847. The van der Waals surface area contributed by atoms with Gasteiger partial charge in [-0.05, 0) is 127 Å². The van der Waals surface area contributed by atoms with E-state index >= 15 is 0 Å². The first-order valence-corrected chi connectivity index (χ1v) is 18.0. The molecule has 4 fully saturated rings. The highest BCUT2D eigenvalue weighted by molar-refractivity contribution is 5.81. The average molecular weight is 674 g/mol. The first-order chi connectivity index (χ1) is 23.8. The van der Waals surface area contributed by atoms with E-state index in [1.165, 1.54) is 22.3 Å². The minimum Gasteiger partial charge on any atom is -0.481 e. The monoisotopic (exact) mass is 673 g/mol. The summed E-state index contributed by atoms with van der Waals surface area (Å²) in [5.74, 6) is -0.693. The Bertz CT molecular complexity index is 1940. The Labute approximate surface area is 294 Å². The number of carbonyl (C=O) groups excluding carboxylic acids is 1. The molecule has 4 saturated carbocycles. The van der Waals surface area contributed by atoms with Crippen LogP contribution in [0.3, 0.4) is 0 Å².